The molecule has 0 radical (unpaired) electrons. The third-order valence-electron chi connectivity index (χ3n) is 2.35. The molecule has 0 atom stereocenters. The maximum absolute atomic E-state index is 4.24. The number of nitrogens with zero attached hydrogens (tertiary/aromatic N) is 2. The van der Waals surface area contributed by atoms with Gasteiger partial charge in [0.15, 0.2) is 0 Å². The van der Waals surface area contributed by atoms with Crippen LogP contribution in [0.1, 0.15) is 5.82 Å². The van der Waals surface area contributed by atoms with Crippen molar-refractivity contribution in [3.8, 4) is 0 Å². The minimum Gasteiger partial charge on any atom is -0.378 e. The molecular weight excluding hydrogens is 220 g/mol. The maximum atomic E-state index is 4.24. The molecule has 0 bridgehead atoms. The Morgan fingerprint density at radius 2 is 2.31 bits per heavy atom. The van der Waals surface area contributed by atoms with Crippen LogP contribution >= 0.6 is 11.3 Å². The molecule has 0 aliphatic carbocycles. The molecule has 2 heterocycles. The fourth-order valence-corrected chi connectivity index (χ4v) is 2.26. The topological polar surface area (TPSA) is 53.6 Å². The van der Waals surface area contributed by atoms with Crippen molar-refractivity contribution in [2.45, 2.75) is 6.54 Å². The van der Waals surface area contributed by atoms with Crippen molar-refractivity contribution in [1.82, 2.24) is 15.0 Å². The van der Waals surface area contributed by atoms with Crippen molar-refractivity contribution in [2.24, 2.45) is 0 Å². The molecule has 0 spiro atoms. The Morgan fingerprint density at radius 1 is 1.31 bits per heavy atom. The number of imidazole rings is 1. The first-order valence-electron chi connectivity index (χ1n) is 4.97. The Bertz CT molecular complexity index is 585. The lowest BCUT2D eigenvalue weighted by Crippen LogP contribution is -2.00. The monoisotopic (exact) mass is 230 g/mol. The van der Waals surface area contributed by atoms with E-state index in [-0.39, 0.29) is 0 Å². The van der Waals surface area contributed by atoms with E-state index in [0.717, 1.165) is 17.0 Å². The van der Waals surface area contributed by atoms with Gasteiger partial charge in [-0.05, 0) is 18.2 Å². The Labute approximate surface area is 96.4 Å². The minimum absolute atomic E-state index is 0.706. The van der Waals surface area contributed by atoms with Crippen LogP contribution in [0.4, 0.5) is 5.69 Å². The first-order chi connectivity index (χ1) is 7.92. The molecule has 0 unspecified atom stereocenters. The van der Waals surface area contributed by atoms with Crippen LogP contribution in [0.25, 0.3) is 10.2 Å². The second-order valence-corrected chi connectivity index (χ2v) is 4.31. The summed E-state index contributed by atoms with van der Waals surface area (Å²) in [7, 11) is 0. The summed E-state index contributed by atoms with van der Waals surface area (Å²) in [6, 6.07) is 6.16. The van der Waals surface area contributed by atoms with Crippen molar-refractivity contribution in [2.75, 3.05) is 5.32 Å². The van der Waals surface area contributed by atoms with E-state index in [2.05, 4.69) is 26.3 Å². The van der Waals surface area contributed by atoms with Crippen molar-refractivity contribution < 1.29 is 0 Å². The van der Waals surface area contributed by atoms with Crippen molar-refractivity contribution in [3.05, 3.63) is 41.9 Å². The second kappa shape index (κ2) is 3.94. The van der Waals surface area contributed by atoms with Crippen LogP contribution < -0.4 is 5.32 Å². The number of H-pyrrole nitrogens is 1. The van der Waals surface area contributed by atoms with Gasteiger partial charge in [0.2, 0.25) is 0 Å². The van der Waals surface area contributed by atoms with Crippen LogP contribution in [0.2, 0.25) is 0 Å². The number of rotatable bonds is 3. The summed E-state index contributed by atoms with van der Waals surface area (Å²) in [4.78, 5) is 11.5. The second-order valence-electron chi connectivity index (χ2n) is 3.42. The van der Waals surface area contributed by atoms with Crippen LogP contribution in [0, 0.1) is 0 Å². The maximum Gasteiger partial charge on any atom is 0.125 e. The fourth-order valence-electron chi connectivity index (χ4n) is 1.55. The smallest absolute Gasteiger partial charge is 0.125 e. The molecule has 2 N–H and O–H groups in total. The number of benzene rings is 1. The summed E-state index contributed by atoms with van der Waals surface area (Å²) in [6.45, 7) is 0.706. The van der Waals surface area contributed by atoms with E-state index in [9.17, 15) is 0 Å². The van der Waals surface area contributed by atoms with Gasteiger partial charge in [-0.2, -0.15) is 0 Å². The normalized spacial score (nSPS) is 10.8. The van der Waals surface area contributed by atoms with Gasteiger partial charge < -0.3 is 10.3 Å². The fraction of sp³-hybridized carbons (Fsp3) is 0.0909. The van der Waals surface area contributed by atoms with Gasteiger partial charge >= 0.3 is 0 Å². The van der Waals surface area contributed by atoms with Crippen molar-refractivity contribution >= 4 is 27.2 Å². The van der Waals surface area contributed by atoms with Gasteiger partial charge in [0.1, 0.15) is 5.82 Å². The van der Waals surface area contributed by atoms with E-state index < -0.39 is 0 Å². The highest BCUT2D eigenvalue weighted by Crippen LogP contribution is 2.21. The molecule has 3 rings (SSSR count). The number of thiazole rings is 1. The van der Waals surface area contributed by atoms with Crippen LogP contribution in [0.5, 0.6) is 0 Å². The largest absolute Gasteiger partial charge is 0.378 e. The van der Waals surface area contributed by atoms with Gasteiger partial charge in [-0.25, -0.2) is 9.97 Å². The summed E-state index contributed by atoms with van der Waals surface area (Å²) in [5, 5.41) is 3.31. The molecule has 0 aliphatic heterocycles. The van der Waals surface area contributed by atoms with Gasteiger partial charge in [0, 0.05) is 18.1 Å². The standard InChI is InChI=1S/C11H10N4S/c1-2-9-10(16-7-15-9)5-8(1)14-6-11-12-3-4-13-11/h1-5,7,14H,6H2,(H,12,13). The van der Waals surface area contributed by atoms with Gasteiger partial charge in [0.05, 0.1) is 22.3 Å². The van der Waals surface area contributed by atoms with E-state index in [0.29, 0.717) is 6.54 Å². The van der Waals surface area contributed by atoms with E-state index in [1.54, 1.807) is 17.5 Å². The van der Waals surface area contributed by atoms with Gasteiger partial charge in [-0.3, -0.25) is 0 Å². The average molecular weight is 230 g/mol. The molecule has 0 saturated carbocycles. The molecule has 2 aromatic heterocycles. The molecule has 5 heteroatoms. The SMILES string of the molecule is c1c[nH]c(CNc2ccc3ncsc3c2)n1. The molecule has 0 fully saturated rings. The first-order valence-corrected chi connectivity index (χ1v) is 5.85. The molecular formula is C11H10N4S. The number of nitrogens with one attached hydrogen (secondary N) is 2. The Morgan fingerprint density at radius 3 is 3.19 bits per heavy atom. The number of hydrogen-bond acceptors (Lipinski definition) is 4. The van der Waals surface area contributed by atoms with E-state index in [1.807, 2.05) is 23.8 Å². The summed E-state index contributed by atoms with van der Waals surface area (Å²) < 4.78 is 1.20. The minimum atomic E-state index is 0.706. The summed E-state index contributed by atoms with van der Waals surface area (Å²) in [5.74, 6) is 0.935. The predicted octanol–water partition coefficient (Wildman–Crippen LogP) is 2.63. The number of anilines is 1. The molecule has 0 saturated heterocycles. The lowest BCUT2D eigenvalue weighted by Gasteiger charge is -2.03. The highest BCUT2D eigenvalue weighted by molar-refractivity contribution is 7.16. The lowest BCUT2D eigenvalue weighted by molar-refractivity contribution is 1.00. The third kappa shape index (κ3) is 1.77. The van der Waals surface area contributed by atoms with Crippen LogP contribution in [0.15, 0.2) is 36.1 Å². The summed E-state index contributed by atoms with van der Waals surface area (Å²) in [6.07, 6.45) is 3.58. The van der Waals surface area contributed by atoms with E-state index >= 15 is 0 Å². The Balaban J connectivity index is 1.78. The summed E-state index contributed by atoms with van der Waals surface area (Å²) in [5.41, 5.74) is 4.00. The zero-order valence-electron chi connectivity index (χ0n) is 8.47. The number of aromatic amines is 1. The van der Waals surface area contributed by atoms with Gasteiger partial charge in [-0.1, -0.05) is 0 Å². The molecule has 4 nitrogen and oxygen atoms in total. The quantitative estimate of drug-likeness (QED) is 0.727. The average Bonchev–Trinajstić information content (AvgIpc) is 2.97. The molecule has 16 heavy (non-hydrogen) atoms. The van der Waals surface area contributed by atoms with Crippen LogP contribution in [-0.2, 0) is 6.54 Å². The highest BCUT2D eigenvalue weighted by atomic mass is 32.1. The number of fused-ring (bicyclic) bond motifs is 1. The van der Waals surface area contributed by atoms with Gasteiger partial charge in [-0.15, -0.1) is 11.3 Å². The molecule has 3 aromatic rings. The van der Waals surface area contributed by atoms with Crippen LogP contribution in [0.3, 0.4) is 0 Å². The van der Waals surface area contributed by atoms with E-state index in [1.165, 1.54) is 4.70 Å². The Hall–Kier alpha value is -1.88. The zero-order valence-corrected chi connectivity index (χ0v) is 9.29. The molecule has 80 valence electrons. The third-order valence-corrected chi connectivity index (χ3v) is 3.14. The summed E-state index contributed by atoms with van der Waals surface area (Å²) >= 11 is 1.65. The zero-order chi connectivity index (χ0) is 10.8. The van der Waals surface area contributed by atoms with Crippen LogP contribution in [-0.4, -0.2) is 15.0 Å². The number of aromatic nitrogens is 3. The van der Waals surface area contributed by atoms with Crippen molar-refractivity contribution in [1.29, 1.82) is 0 Å². The van der Waals surface area contributed by atoms with E-state index in [4.69, 9.17) is 0 Å². The molecule has 0 amide bonds. The van der Waals surface area contributed by atoms with Crippen molar-refractivity contribution in [3.63, 3.8) is 0 Å². The molecule has 0 aliphatic rings. The molecule has 1 aromatic carbocycles. The predicted molar refractivity (Wildman–Crippen MR) is 65.5 cm³/mol. The van der Waals surface area contributed by atoms with Gasteiger partial charge in [0.25, 0.3) is 0 Å². The first kappa shape index (κ1) is 9.35. The number of hydrogen-bond donors (Lipinski definition) is 2. The Kier molecular flexibility index (Phi) is 2.30. The lowest BCUT2D eigenvalue weighted by atomic mass is 10.3. The highest BCUT2D eigenvalue weighted by Gasteiger charge is 1.99.